The van der Waals surface area contributed by atoms with Crippen LogP contribution in [0.15, 0.2) is 24.3 Å². The first-order valence-electron chi connectivity index (χ1n) is 5.27. The fraction of sp³-hybridized carbons (Fsp3) is 0.250. The van der Waals surface area contributed by atoms with Crippen molar-refractivity contribution < 1.29 is 4.74 Å². The molecule has 0 fully saturated rings. The molecule has 2 aromatic rings. The Hall–Kier alpha value is -1.81. The number of benzene rings is 1. The van der Waals surface area contributed by atoms with Crippen molar-refractivity contribution in [2.75, 3.05) is 5.73 Å². The minimum absolute atomic E-state index is 0.576. The number of nitrogen functional groups attached to an aromatic ring is 1. The van der Waals surface area contributed by atoms with Crippen LogP contribution in [0.2, 0.25) is 0 Å². The molecular formula is C12H13N3O. The average Bonchev–Trinajstić information content (AvgIpc) is 2.84. The van der Waals surface area contributed by atoms with Crippen molar-refractivity contribution in [3.63, 3.8) is 0 Å². The second kappa shape index (κ2) is 3.35. The van der Waals surface area contributed by atoms with Crippen molar-refractivity contribution in [2.45, 2.75) is 20.1 Å². The lowest BCUT2D eigenvalue weighted by molar-refractivity contribution is 0.131. The van der Waals surface area contributed by atoms with Crippen LogP contribution in [-0.4, -0.2) is 9.78 Å². The zero-order valence-corrected chi connectivity index (χ0v) is 9.10. The first kappa shape index (κ1) is 9.42. The molecule has 0 saturated heterocycles. The van der Waals surface area contributed by atoms with E-state index in [-0.39, 0.29) is 0 Å². The van der Waals surface area contributed by atoms with Crippen molar-refractivity contribution in [1.82, 2.24) is 9.78 Å². The molecule has 2 N–H and O–H groups in total. The molecule has 0 aliphatic carbocycles. The summed E-state index contributed by atoms with van der Waals surface area (Å²) >= 11 is 0. The minimum atomic E-state index is 0.576. The molecule has 3 rings (SSSR count). The molecule has 0 radical (unpaired) electrons. The molecule has 0 spiro atoms. The van der Waals surface area contributed by atoms with E-state index >= 15 is 0 Å². The summed E-state index contributed by atoms with van der Waals surface area (Å²) in [7, 11) is 0. The summed E-state index contributed by atoms with van der Waals surface area (Å²) in [5.74, 6) is 0.577. The summed E-state index contributed by atoms with van der Waals surface area (Å²) in [6.07, 6.45) is 0. The molecule has 1 aromatic heterocycles. The molecule has 16 heavy (non-hydrogen) atoms. The van der Waals surface area contributed by atoms with E-state index in [9.17, 15) is 0 Å². The highest BCUT2D eigenvalue weighted by molar-refractivity contribution is 5.48. The summed E-state index contributed by atoms with van der Waals surface area (Å²) in [6.45, 7) is 3.23. The van der Waals surface area contributed by atoms with Crippen LogP contribution in [0.5, 0.6) is 0 Å². The minimum Gasteiger partial charge on any atom is -0.382 e. The van der Waals surface area contributed by atoms with Crippen LogP contribution in [0.1, 0.15) is 16.8 Å². The summed E-state index contributed by atoms with van der Waals surface area (Å²) < 4.78 is 7.25. The van der Waals surface area contributed by atoms with Crippen molar-refractivity contribution in [1.29, 1.82) is 0 Å². The number of anilines is 1. The van der Waals surface area contributed by atoms with E-state index in [1.165, 1.54) is 5.56 Å². The smallest absolute Gasteiger partial charge is 0.151 e. The van der Waals surface area contributed by atoms with E-state index < -0.39 is 0 Å². The SMILES string of the molecule is Cc1ccc(-n2nc(N)c3c2COC3)cc1. The van der Waals surface area contributed by atoms with Gasteiger partial charge < -0.3 is 10.5 Å². The van der Waals surface area contributed by atoms with Crippen molar-refractivity contribution >= 4 is 5.82 Å². The predicted molar refractivity (Wildman–Crippen MR) is 61.2 cm³/mol. The van der Waals surface area contributed by atoms with Crippen LogP contribution < -0.4 is 5.73 Å². The molecule has 1 aliphatic heterocycles. The number of fused-ring (bicyclic) bond motifs is 1. The molecule has 2 heterocycles. The summed E-state index contributed by atoms with van der Waals surface area (Å²) in [4.78, 5) is 0. The van der Waals surface area contributed by atoms with Gasteiger partial charge in [-0.2, -0.15) is 0 Å². The first-order chi connectivity index (χ1) is 7.75. The zero-order chi connectivity index (χ0) is 11.1. The van der Waals surface area contributed by atoms with Gasteiger partial charge in [0.05, 0.1) is 24.6 Å². The van der Waals surface area contributed by atoms with E-state index in [2.05, 4.69) is 24.2 Å². The Balaban J connectivity index is 2.13. The molecule has 0 amide bonds. The van der Waals surface area contributed by atoms with Crippen LogP contribution >= 0.6 is 0 Å². The van der Waals surface area contributed by atoms with E-state index in [0.717, 1.165) is 16.9 Å². The second-order valence-corrected chi connectivity index (χ2v) is 4.05. The Bertz CT molecular complexity index is 528. The molecule has 82 valence electrons. The lowest BCUT2D eigenvalue weighted by Crippen LogP contribution is -2.02. The van der Waals surface area contributed by atoms with Crippen LogP contribution in [0.4, 0.5) is 5.82 Å². The Morgan fingerprint density at radius 2 is 2.00 bits per heavy atom. The van der Waals surface area contributed by atoms with Crippen molar-refractivity contribution in [2.24, 2.45) is 0 Å². The lowest BCUT2D eigenvalue weighted by atomic mass is 10.2. The fourth-order valence-corrected chi connectivity index (χ4v) is 1.96. The number of nitrogens with zero attached hydrogens (tertiary/aromatic N) is 2. The molecule has 1 aromatic carbocycles. The van der Waals surface area contributed by atoms with Gasteiger partial charge in [-0.05, 0) is 19.1 Å². The van der Waals surface area contributed by atoms with E-state index in [4.69, 9.17) is 10.5 Å². The van der Waals surface area contributed by atoms with E-state index in [1.54, 1.807) is 0 Å². The summed E-state index contributed by atoms with van der Waals surface area (Å²) in [5.41, 5.74) is 10.2. The third kappa shape index (κ3) is 1.31. The molecule has 4 heteroatoms. The molecule has 0 saturated carbocycles. The Kier molecular flexibility index (Phi) is 1.97. The fourth-order valence-electron chi connectivity index (χ4n) is 1.96. The first-order valence-corrected chi connectivity index (χ1v) is 5.27. The highest BCUT2D eigenvalue weighted by Gasteiger charge is 2.22. The van der Waals surface area contributed by atoms with E-state index in [1.807, 2.05) is 16.8 Å². The maximum absolute atomic E-state index is 5.85. The Labute approximate surface area is 93.6 Å². The molecular weight excluding hydrogens is 202 g/mol. The summed E-state index contributed by atoms with van der Waals surface area (Å²) in [5, 5.41) is 4.35. The third-order valence-electron chi connectivity index (χ3n) is 2.88. The van der Waals surface area contributed by atoms with Gasteiger partial charge in [-0.15, -0.1) is 5.10 Å². The van der Waals surface area contributed by atoms with Gasteiger partial charge in [-0.3, -0.25) is 0 Å². The normalized spacial score (nSPS) is 14.1. The van der Waals surface area contributed by atoms with Gasteiger partial charge in [0.25, 0.3) is 0 Å². The standard InChI is InChI=1S/C12H13N3O/c1-8-2-4-9(5-3-8)15-11-7-16-6-10(11)12(13)14-15/h2-5H,6-7H2,1H3,(H2,13,14). The number of aromatic nitrogens is 2. The highest BCUT2D eigenvalue weighted by Crippen LogP contribution is 2.27. The Morgan fingerprint density at radius 1 is 1.25 bits per heavy atom. The Morgan fingerprint density at radius 3 is 2.75 bits per heavy atom. The number of hydrogen-bond donors (Lipinski definition) is 1. The maximum atomic E-state index is 5.85. The molecule has 0 atom stereocenters. The van der Waals surface area contributed by atoms with Gasteiger partial charge in [-0.1, -0.05) is 17.7 Å². The van der Waals surface area contributed by atoms with Crippen molar-refractivity contribution in [3.05, 3.63) is 41.1 Å². The molecule has 0 bridgehead atoms. The monoisotopic (exact) mass is 215 g/mol. The number of nitrogens with two attached hydrogens (primary N) is 1. The van der Waals surface area contributed by atoms with Gasteiger partial charge in [-0.25, -0.2) is 4.68 Å². The molecule has 0 unspecified atom stereocenters. The maximum Gasteiger partial charge on any atom is 0.151 e. The van der Waals surface area contributed by atoms with Crippen molar-refractivity contribution in [3.8, 4) is 5.69 Å². The van der Waals surface area contributed by atoms with Crippen LogP contribution in [0, 0.1) is 6.92 Å². The van der Waals surface area contributed by atoms with Gasteiger partial charge >= 0.3 is 0 Å². The lowest BCUT2D eigenvalue weighted by Gasteiger charge is -2.05. The second-order valence-electron chi connectivity index (χ2n) is 4.05. The largest absolute Gasteiger partial charge is 0.382 e. The number of aryl methyl sites for hydroxylation is 1. The topological polar surface area (TPSA) is 53.1 Å². The number of rotatable bonds is 1. The molecule has 4 nitrogen and oxygen atoms in total. The van der Waals surface area contributed by atoms with Gasteiger partial charge in [0.2, 0.25) is 0 Å². The van der Waals surface area contributed by atoms with Gasteiger partial charge in [0, 0.05) is 5.56 Å². The summed E-state index contributed by atoms with van der Waals surface area (Å²) in [6, 6.07) is 8.21. The van der Waals surface area contributed by atoms with Gasteiger partial charge in [0.1, 0.15) is 0 Å². The highest BCUT2D eigenvalue weighted by atomic mass is 16.5. The third-order valence-corrected chi connectivity index (χ3v) is 2.88. The molecule has 1 aliphatic rings. The van der Waals surface area contributed by atoms with Crippen LogP contribution in [0.3, 0.4) is 0 Å². The number of hydrogen-bond acceptors (Lipinski definition) is 3. The average molecular weight is 215 g/mol. The quantitative estimate of drug-likeness (QED) is 0.789. The number of ether oxygens (including phenoxy) is 1. The van der Waals surface area contributed by atoms with E-state index in [0.29, 0.717) is 19.0 Å². The van der Waals surface area contributed by atoms with Crippen LogP contribution in [0.25, 0.3) is 5.69 Å². The zero-order valence-electron chi connectivity index (χ0n) is 9.10. The van der Waals surface area contributed by atoms with Gasteiger partial charge in [0.15, 0.2) is 5.82 Å². The predicted octanol–water partition coefficient (Wildman–Crippen LogP) is 1.79. The van der Waals surface area contributed by atoms with Crippen LogP contribution in [-0.2, 0) is 18.0 Å².